The Bertz CT molecular complexity index is 988. The summed E-state index contributed by atoms with van der Waals surface area (Å²) in [7, 11) is 3.03. The fourth-order valence-corrected chi connectivity index (χ4v) is 2.50. The van der Waals surface area contributed by atoms with Gasteiger partial charge in [-0.25, -0.2) is 9.78 Å². The van der Waals surface area contributed by atoms with Crippen molar-refractivity contribution in [2.24, 2.45) is 14.1 Å². The summed E-state index contributed by atoms with van der Waals surface area (Å²) in [5, 5.41) is 3.94. The third kappa shape index (κ3) is 1.81. The van der Waals surface area contributed by atoms with E-state index in [9.17, 15) is 9.59 Å². The summed E-state index contributed by atoms with van der Waals surface area (Å²) in [5.41, 5.74) is -0.0961. The number of rotatable bonds is 3. The minimum atomic E-state index is -0.404. The zero-order valence-corrected chi connectivity index (χ0v) is 12.2. The molecule has 1 aliphatic rings. The van der Waals surface area contributed by atoms with Crippen molar-refractivity contribution >= 4 is 11.2 Å². The molecule has 0 spiro atoms. The Balaban J connectivity index is 1.81. The highest BCUT2D eigenvalue weighted by molar-refractivity contribution is 5.70. The van der Waals surface area contributed by atoms with E-state index in [0.717, 1.165) is 17.4 Å². The fraction of sp³-hybridized carbons (Fsp3) is 0.462. The van der Waals surface area contributed by atoms with Gasteiger partial charge in [-0.2, -0.15) is 4.98 Å². The number of hydrogen-bond donors (Lipinski definition) is 0. The molecule has 9 nitrogen and oxygen atoms in total. The van der Waals surface area contributed by atoms with E-state index in [2.05, 4.69) is 15.1 Å². The Morgan fingerprint density at radius 1 is 1.27 bits per heavy atom. The zero-order valence-electron chi connectivity index (χ0n) is 12.2. The first-order valence-corrected chi connectivity index (χ1v) is 6.99. The summed E-state index contributed by atoms with van der Waals surface area (Å²) in [6, 6.07) is 0. The summed E-state index contributed by atoms with van der Waals surface area (Å²) in [6.07, 6.45) is 3.68. The molecule has 0 aliphatic heterocycles. The molecule has 22 heavy (non-hydrogen) atoms. The van der Waals surface area contributed by atoms with Gasteiger partial charge in [0.25, 0.3) is 5.56 Å². The summed E-state index contributed by atoms with van der Waals surface area (Å²) in [6.45, 7) is 0.278. The second-order valence-corrected chi connectivity index (χ2v) is 5.57. The van der Waals surface area contributed by atoms with Crippen molar-refractivity contribution < 1.29 is 4.52 Å². The van der Waals surface area contributed by atoms with Crippen molar-refractivity contribution in [3.63, 3.8) is 0 Å². The van der Waals surface area contributed by atoms with Crippen molar-refractivity contribution in [1.29, 1.82) is 0 Å². The van der Waals surface area contributed by atoms with Crippen LogP contribution in [0.4, 0.5) is 0 Å². The van der Waals surface area contributed by atoms with Crippen LogP contribution in [-0.2, 0) is 20.6 Å². The smallest absolute Gasteiger partial charge is 0.332 e. The van der Waals surface area contributed by atoms with Gasteiger partial charge in [0.1, 0.15) is 0 Å². The third-order valence-corrected chi connectivity index (χ3v) is 3.94. The Hall–Kier alpha value is -2.71. The van der Waals surface area contributed by atoms with Gasteiger partial charge in [-0.1, -0.05) is 5.16 Å². The van der Waals surface area contributed by atoms with Crippen LogP contribution in [0.25, 0.3) is 11.2 Å². The van der Waals surface area contributed by atoms with E-state index < -0.39 is 5.69 Å². The Morgan fingerprint density at radius 2 is 2.05 bits per heavy atom. The maximum absolute atomic E-state index is 12.3. The van der Waals surface area contributed by atoms with Crippen molar-refractivity contribution in [2.75, 3.05) is 0 Å². The molecule has 1 saturated carbocycles. The number of aryl methyl sites for hydroxylation is 1. The summed E-state index contributed by atoms with van der Waals surface area (Å²) in [5.74, 6) is 1.53. The highest BCUT2D eigenvalue weighted by Gasteiger charge is 2.29. The van der Waals surface area contributed by atoms with Crippen LogP contribution < -0.4 is 11.2 Å². The molecule has 1 aliphatic carbocycles. The lowest BCUT2D eigenvalue weighted by Gasteiger charge is -2.04. The maximum Gasteiger partial charge on any atom is 0.332 e. The monoisotopic (exact) mass is 302 g/mol. The van der Waals surface area contributed by atoms with Gasteiger partial charge < -0.3 is 9.09 Å². The Morgan fingerprint density at radius 3 is 2.77 bits per heavy atom. The molecule has 0 unspecified atom stereocenters. The van der Waals surface area contributed by atoms with Crippen LogP contribution in [0.5, 0.6) is 0 Å². The van der Waals surface area contributed by atoms with E-state index in [1.807, 2.05) is 0 Å². The van der Waals surface area contributed by atoms with Crippen LogP contribution in [0.15, 0.2) is 20.4 Å². The largest absolute Gasteiger partial charge is 0.339 e. The van der Waals surface area contributed by atoms with Gasteiger partial charge in [-0.3, -0.25) is 13.9 Å². The van der Waals surface area contributed by atoms with Gasteiger partial charge in [-0.15, -0.1) is 0 Å². The first kappa shape index (κ1) is 13.0. The van der Waals surface area contributed by atoms with Crippen molar-refractivity contribution in [3.8, 4) is 0 Å². The summed E-state index contributed by atoms with van der Waals surface area (Å²) >= 11 is 0. The van der Waals surface area contributed by atoms with E-state index >= 15 is 0 Å². The van der Waals surface area contributed by atoms with E-state index in [1.54, 1.807) is 11.6 Å². The molecule has 0 aromatic carbocycles. The predicted molar refractivity (Wildman–Crippen MR) is 75.6 cm³/mol. The molecule has 3 heterocycles. The second-order valence-electron chi connectivity index (χ2n) is 5.57. The molecule has 0 radical (unpaired) electrons. The SMILES string of the molecule is Cn1c(=O)c2c(ncn2Cc2noc(C3CC3)n2)n(C)c1=O. The lowest BCUT2D eigenvalue weighted by Crippen LogP contribution is -2.37. The second kappa shape index (κ2) is 4.39. The van der Waals surface area contributed by atoms with Crippen LogP contribution in [0.3, 0.4) is 0 Å². The van der Waals surface area contributed by atoms with E-state index in [0.29, 0.717) is 28.8 Å². The highest BCUT2D eigenvalue weighted by Crippen LogP contribution is 2.38. The van der Waals surface area contributed by atoms with Gasteiger partial charge in [0.2, 0.25) is 5.89 Å². The van der Waals surface area contributed by atoms with Gasteiger partial charge in [0.15, 0.2) is 17.0 Å². The van der Waals surface area contributed by atoms with E-state index in [1.165, 1.54) is 17.9 Å². The molecule has 0 atom stereocenters. The van der Waals surface area contributed by atoms with Crippen LogP contribution >= 0.6 is 0 Å². The molecule has 1 fully saturated rings. The standard InChI is InChI=1S/C13H14N6O3/c1-17-10-9(12(20)18(2)13(17)21)19(6-14-10)5-8-15-11(22-16-8)7-3-4-7/h6-7H,3-5H2,1-2H3. The number of imidazole rings is 1. The van der Waals surface area contributed by atoms with Crippen LogP contribution in [0, 0.1) is 0 Å². The molecule has 0 saturated heterocycles. The Kier molecular flexibility index (Phi) is 2.59. The quantitative estimate of drug-likeness (QED) is 0.661. The zero-order chi connectivity index (χ0) is 15.4. The number of hydrogen-bond acceptors (Lipinski definition) is 6. The minimum absolute atomic E-state index is 0.278. The lowest BCUT2D eigenvalue weighted by atomic mass is 10.4. The first-order chi connectivity index (χ1) is 10.6. The van der Waals surface area contributed by atoms with Gasteiger partial charge in [0.05, 0.1) is 12.9 Å². The first-order valence-electron chi connectivity index (χ1n) is 6.99. The highest BCUT2D eigenvalue weighted by atomic mass is 16.5. The molecule has 3 aromatic heterocycles. The molecule has 0 bridgehead atoms. The molecule has 4 rings (SSSR count). The van der Waals surface area contributed by atoms with Crippen LogP contribution in [0.2, 0.25) is 0 Å². The number of aromatic nitrogens is 6. The van der Waals surface area contributed by atoms with Crippen molar-refractivity contribution in [1.82, 2.24) is 28.8 Å². The van der Waals surface area contributed by atoms with E-state index in [-0.39, 0.29) is 12.1 Å². The van der Waals surface area contributed by atoms with Crippen molar-refractivity contribution in [2.45, 2.75) is 25.3 Å². The average molecular weight is 302 g/mol. The third-order valence-electron chi connectivity index (χ3n) is 3.94. The number of nitrogens with zero attached hydrogens (tertiary/aromatic N) is 6. The Labute approximate surface area is 123 Å². The lowest BCUT2D eigenvalue weighted by molar-refractivity contribution is 0.373. The minimum Gasteiger partial charge on any atom is -0.339 e. The molecular weight excluding hydrogens is 288 g/mol. The van der Waals surface area contributed by atoms with E-state index in [4.69, 9.17) is 4.52 Å². The van der Waals surface area contributed by atoms with Gasteiger partial charge >= 0.3 is 5.69 Å². The maximum atomic E-state index is 12.3. The summed E-state index contributed by atoms with van der Waals surface area (Å²) < 4.78 is 9.26. The summed E-state index contributed by atoms with van der Waals surface area (Å²) in [4.78, 5) is 32.7. The predicted octanol–water partition coefficient (Wildman–Crippen LogP) is -0.258. The van der Waals surface area contributed by atoms with Crippen LogP contribution in [-0.4, -0.2) is 28.8 Å². The topological polar surface area (TPSA) is 101 Å². The molecule has 114 valence electrons. The van der Waals surface area contributed by atoms with Crippen LogP contribution in [0.1, 0.15) is 30.5 Å². The normalized spacial score (nSPS) is 14.8. The average Bonchev–Trinajstić information content (AvgIpc) is 3.12. The van der Waals surface area contributed by atoms with Gasteiger partial charge in [0, 0.05) is 20.0 Å². The fourth-order valence-electron chi connectivity index (χ4n) is 2.50. The number of fused-ring (bicyclic) bond motifs is 1. The molecular formula is C13H14N6O3. The molecule has 9 heteroatoms. The molecule has 3 aromatic rings. The molecule has 0 N–H and O–H groups in total. The van der Waals surface area contributed by atoms with Crippen molar-refractivity contribution in [3.05, 3.63) is 38.9 Å². The molecule has 0 amide bonds. The van der Waals surface area contributed by atoms with Gasteiger partial charge in [-0.05, 0) is 12.8 Å².